The van der Waals surface area contributed by atoms with Crippen LogP contribution in [-0.2, 0) is 9.59 Å². The second-order valence-electron chi connectivity index (χ2n) is 8.76. The predicted octanol–water partition coefficient (Wildman–Crippen LogP) is 0.834. The molecule has 2 rings (SSSR count). The van der Waals surface area contributed by atoms with Gasteiger partial charge in [-0.1, -0.05) is 20.3 Å². The number of carbonyl (C=O) groups excluding carboxylic acids is 4. The number of amides is 5. The number of ether oxygens (including phenoxy) is 1. The lowest BCUT2D eigenvalue weighted by Crippen LogP contribution is -2.52. The number of benzene rings is 1. The zero-order chi connectivity index (χ0) is 25.1. The van der Waals surface area contributed by atoms with Crippen molar-refractivity contribution in [3.63, 3.8) is 0 Å². The first-order valence-corrected chi connectivity index (χ1v) is 11.6. The van der Waals surface area contributed by atoms with E-state index >= 15 is 0 Å². The van der Waals surface area contributed by atoms with Gasteiger partial charge in [-0.05, 0) is 49.9 Å². The molecule has 2 atom stereocenters. The van der Waals surface area contributed by atoms with Gasteiger partial charge < -0.3 is 37.5 Å². The van der Waals surface area contributed by atoms with E-state index in [0.29, 0.717) is 25.1 Å². The van der Waals surface area contributed by atoms with Crippen LogP contribution >= 0.6 is 0 Å². The zero-order valence-corrected chi connectivity index (χ0v) is 19.8. The van der Waals surface area contributed by atoms with Crippen LogP contribution in [0.15, 0.2) is 18.2 Å². The fourth-order valence-electron chi connectivity index (χ4n) is 3.63. The number of urea groups is 1. The Labute approximate surface area is 199 Å². The van der Waals surface area contributed by atoms with Crippen molar-refractivity contribution in [3.8, 4) is 5.75 Å². The summed E-state index contributed by atoms with van der Waals surface area (Å²) in [6.07, 6.45) is 2.68. The predicted molar refractivity (Wildman–Crippen MR) is 128 cm³/mol. The zero-order valence-electron chi connectivity index (χ0n) is 19.8. The monoisotopic (exact) mass is 476 g/mol. The van der Waals surface area contributed by atoms with Gasteiger partial charge in [-0.2, -0.15) is 0 Å². The van der Waals surface area contributed by atoms with E-state index in [4.69, 9.17) is 16.2 Å². The Balaban J connectivity index is 2.32. The number of hydrogen-bond acceptors (Lipinski definition) is 6. The molecule has 0 saturated heterocycles. The normalized spacial score (nSPS) is 19.7. The fraction of sp³-hybridized carbons (Fsp3) is 0.565. The van der Waals surface area contributed by atoms with Gasteiger partial charge >= 0.3 is 6.03 Å². The van der Waals surface area contributed by atoms with Crippen molar-refractivity contribution in [3.05, 3.63) is 23.8 Å². The molecule has 1 aliphatic rings. The molecule has 188 valence electrons. The van der Waals surface area contributed by atoms with Crippen molar-refractivity contribution in [2.75, 3.05) is 25.0 Å². The molecule has 0 fully saturated rings. The second-order valence-corrected chi connectivity index (χ2v) is 8.76. The molecular weight excluding hydrogens is 440 g/mol. The number of anilines is 1. The highest BCUT2D eigenvalue weighted by molar-refractivity contribution is 5.99. The SMILES string of the molecule is CC(C)C[C@@H]1NC(=O)CCNC(=O)c2cc(NC(N)=O)ccc2OCC(CCCCN)NC1=O. The molecule has 1 aliphatic heterocycles. The number of primary amides is 1. The van der Waals surface area contributed by atoms with Crippen LogP contribution in [0.4, 0.5) is 10.5 Å². The van der Waals surface area contributed by atoms with Crippen molar-refractivity contribution in [2.45, 2.75) is 58.0 Å². The molecule has 0 aliphatic carbocycles. The quantitative estimate of drug-likeness (QED) is 0.317. The number of unbranched alkanes of at least 4 members (excludes halogenated alkanes) is 1. The summed E-state index contributed by atoms with van der Waals surface area (Å²) >= 11 is 0. The van der Waals surface area contributed by atoms with E-state index in [9.17, 15) is 19.2 Å². The van der Waals surface area contributed by atoms with Crippen molar-refractivity contribution in [1.29, 1.82) is 0 Å². The van der Waals surface area contributed by atoms with Crippen LogP contribution in [-0.4, -0.2) is 55.5 Å². The molecule has 5 amide bonds. The molecule has 11 nitrogen and oxygen atoms in total. The van der Waals surface area contributed by atoms with Crippen molar-refractivity contribution in [2.24, 2.45) is 17.4 Å². The van der Waals surface area contributed by atoms with Gasteiger partial charge in [0, 0.05) is 18.7 Å². The summed E-state index contributed by atoms with van der Waals surface area (Å²) in [5, 5.41) is 10.9. The number of hydrogen-bond donors (Lipinski definition) is 6. The molecule has 1 aromatic carbocycles. The Morgan fingerprint density at radius 2 is 1.97 bits per heavy atom. The summed E-state index contributed by atoms with van der Waals surface area (Å²) in [6.45, 7) is 4.67. The molecule has 0 saturated carbocycles. The molecular formula is C23H36N6O5. The molecule has 0 bridgehead atoms. The molecule has 0 radical (unpaired) electrons. The Morgan fingerprint density at radius 3 is 2.65 bits per heavy atom. The topological polar surface area (TPSA) is 178 Å². The minimum Gasteiger partial charge on any atom is -0.491 e. The van der Waals surface area contributed by atoms with Crippen molar-refractivity contribution >= 4 is 29.4 Å². The van der Waals surface area contributed by atoms with E-state index < -0.39 is 18.0 Å². The molecule has 8 N–H and O–H groups in total. The molecule has 1 unspecified atom stereocenters. The van der Waals surface area contributed by atoms with E-state index in [-0.39, 0.29) is 54.7 Å². The maximum Gasteiger partial charge on any atom is 0.316 e. The van der Waals surface area contributed by atoms with Crippen molar-refractivity contribution < 1.29 is 23.9 Å². The van der Waals surface area contributed by atoms with Crippen LogP contribution in [0.2, 0.25) is 0 Å². The fourth-order valence-corrected chi connectivity index (χ4v) is 3.63. The number of nitrogens with two attached hydrogens (primary N) is 2. The van der Waals surface area contributed by atoms with Gasteiger partial charge in [0.2, 0.25) is 11.8 Å². The minimum atomic E-state index is -0.766. The van der Waals surface area contributed by atoms with Gasteiger partial charge in [0.1, 0.15) is 18.4 Å². The Morgan fingerprint density at radius 1 is 1.21 bits per heavy atom. The maximum atomic E-state index is 13.0. The summed E-state index contributed by atoms with van der Waals surface area (Å²) in [4.78, 5) is 49.5. The van der Waals surface area contributed by atoms with E-state index in [2.05, 4.69) is 21.3 Å². The third kappa shape index (κ3) is 8.89. The van der Waals surface area contributed by atoms with Gasteiger partial charge in [0.15, 0.2) is 0 Å². The average molecular weight is 477 g/mol. The third-order valence-electron chi connectivity index (χ3n) is 5.28. The van der Waals surface area contributed by atoms with E-state index in [1.54, 1.807) is 12.1 Å². The molecule has 0 spiro atoms. The average Bonchev–Trinajstić information content (AvgIpc) is 2.76. The smallest absolute Gasteiger partial charge is 0.316 e. The first-order valence-electron chi connectivity index (χ1n) is 11.6. The second kappa shape index (κ2) is 13.4. The van der Waals surface area contributed by atoms with Gasteiger partial charge in [-0.25, -0.2) is 4.79 Å². The Hall–Kier alpha value is -3.34. The van der Waals surface area contributed by atoms with Crippen LogP contribution < -0.4 is 37.5 Å². The van der Waals surface area contributed by atoms with Gasteiger partial charge in [-0.3, -0.25) is 14.4 Å². The molecule has 1 heterocycles. The lowest BCUT2D eigenvalue weighted by Gasteiger charge is -2.25. The standard InChI is InChI=1S/C23H36N6O5/c1-14(2)11-18-22(32)27-16(5-3-4-9-24)13-34-19-7-6-15(28-23(25)33)12-17(19)21(31)26-10-8-20(30)29-18/h6-7,12,14,16,18H,3-5,8-11,13,24H2,1-2H3,(H,26,31)(H,27,32)(H,29,30)(H3,25,28,33)/t16?,18-/m0/s1. The van der Waals surface area contributed by atoms with E-state index in [1.807, 2.05) is 13.8 Å². The molecule has 0 aromatic heterocycles. The largest absolute Gasteiger partial charge is 0.491 e. The minimum absolute atomic E-state index is 0.00294. The first kappa shape index (κ1) is 26.9. The van der Waals surface area contributed by atoms with Crippen LogP contribution in [0.5, 0.6) is 5.75 Å². The highest BCUT2D eigenvalue weighted by Gasteiger charge is 2.25. The van der Waals surface area contributed by atoms with Gasteiger partial charge in [0.25, 0.3) is 5.91 Å². The molecule has 34 heavy (non-hydrogen) atoms. The summed E-state index contributed by atoms with van der Waals surface area (Å²) in [5.41, 5.74) is 11.3. The highest BCUT2D eigenvalue weighted by Crippen LogP contribution is 2.24. The molecule has 11 heteroatoms. The Kier molecular flexibility index (Phi) is 10.6. The molecule has 1 aromatic rings. The van der Waals surface area contributed by atoms with Crippen LogP contribution in [0.25, 0.3) is 0 Å². The number of rotatable bonds is 7. The van der Waals surface area contributed by atoms with Gasteiger partial charge in [-0.15, -0.1) is 0 Å². The van der Waals surface area contributed by atoms with Gasteiger partial charge in [0.05, 0.1) is 11.6 Å². The van der Waals surface area contributed by atoms with E-state index in [1.165, 1.54) is 6.07 Å². The van der Waals surface area contributed by atoms with Crippen LogP contribution in [0, 0.1) is 5.92 Å². The van der Waals surface area contributed by atoms with E-state index in [0.717, 1.165) is 12.8 Å². The van der Waals surface area contributed by atoms with Crippen LogP contribution in [0.3, 0.4) is 0 Å². The highest BCUT2D eigenvalue weighted by atomic mass is 16.5. The summed E-state index contributed by atoms with van der Waals surface area (Å²) in [7, 11) is 0. The number of nitrogens with one attached hydrogen (secondary N) is 4. The maximum absolute atomic E-state index is 13.0. The first-order chi connectivity index (χ1) is 16.2. The summed E-state index contributed by atoms with van der Waals surface area (Å²) < 4.78 is 5.95. The lowest BCUT2D eigenvalue weighted by atomic mass is 10.0. The third-order valence-corrected chi connectivity index (χ3v) is 5.28. The summed E-state index contributed by atoms with van der Waals surface area (Å²) in [5.74, 6) is -0.595. The summed E-state index contributed by atoms with van der Waals surface area (Å²) in [6, 6.07) is 2.76. The number of fused-ring (bicyclic) bond motifs is 1. The van der Waals surface area contributed by atoms with Crippen molar-refractivity contribution in [1.82, 2.24) is 16.0 Å². The van der Waals surface area contributed by atoms with Crippen LogP contribution in [0.1, 0.15) is 56.3 Å². The lowest BCUT2D eigenvalue weighted by molar-refractivity contribution is -0.130. The number of carbonyl (C=O) groups is 4. The Bertz CT molecular complexity index is 875.